The Morgan fingerprint density at radius 3 is 2.05 bits per heavy atom. The summed E-state index contributed by atoms with van der Waals surface area (Å²) in [5, 5.41) is 12.9. The lowest BCUT2D eigenvalue weighted by molar-refractivity contribution is -0.0552. The number of aliphatic hydroxyl groups excluding tert-OH is 1. The number of hydrogen-bond acceptors (Lipinski definition) is 4. The van der Waals surface area contributed by atoms with Crippen molar-refractivity contribution in [2.24, 2.45) is 0 Å². The molecule has 2 atom stereocenters. The van der Waals surface area contributed by atoms with Crippen LogP contribution in [0.15, 0.2) is 0 Å². The summed E-state index contributed by atoms with van der Waals surface area (Å²) in [6, 6.07) is 0.341. The van der Waals surface area contributed by atoms with Gasteiger partial charge in [-0.05, 0) is 41.0 Å². The second kappa shape index (κ2) is 8.20. The summed E-state index contributed by atoms with van der Waals surface area (Å²) in [5.41, 5.74) is -0.413. The molecule has 0 heterocycles. The van der Waals surface area contributed by atoms with Crippen LogP contribution in [0, 0.1) is 0 Å². The fourth-order valence-corrected chi connectivity index (χ4v) is 2.16. The molecule has 0 radical (unpaired) electrons. The molecule has 0 aliphatic heterocycles. The Labute approximate surface area is 118 Å². The number of hydrogen-bond donors (Lipinski definition) is 2. The molecule has 0 aromatic carbocycles. The number of ether oxygens (including phenoxy) is 2. The lowest BCUT2D eigenvalue weighted by atomic mass is 9.95. The van der Waals surface area contributed by atoms with E-state index in [-0.39, 0.29) is 23.9 Å². The second-order valence-electron chi connectivity index (χ2n) is 6.86. The van der Waals surface area contributed by atoms with Crippen molar-refractivity contribution < 1.29 is 14.6 Å². The normalized spacial score (nSPS) is 17.5. The Bertz CT molecular complexity index is 238. The molecule has 0 bridgehead atoms. The highest BCUT2D eigenvalue weighted by Gasteiger charge is 2.26. The van der Waals surface area contributed by atoms with Gasteiger partial charge in [-0.15, -0.1) is 0 Å². The van der Waals surface area contributed by atoms with Crippen LogP contribution < -0.4 is 5.32 Å². The lowest BCUT2D eigenvalue weighted by Gasteiger charge is -2.33. The van der Waals surface area contributed by atoms with E-state index >= 15 is 0 Å². The molecule has 0 spiro atoms. The Kier molecular flexibility index (Phi) is 8.13. The summed E-state index contributed by atoms with van der Waals surface area (Å²) in [6.45, 7) is 15.6. The molecule has 116 valence electrons. The fourth-order valence-electron chi connectivity index (χ4n) is 2.16. The Morgan fingerprint density at radius 2 is 1.63 bits per heavy atom. The minimum atomic E-state index is -0.293. The first-order valence-electron chi connectivity index (χ1n) is 7.22. The summed E-state index contributed by atoms with van der Waals surface area (Å²) in [5.74, 6) is 0. The van der Waals surface area contributed by atoms with E-state index in [2.05, 4.69) is 19.2 Å². The molecule has 0 rings (SSSR count). The van der Waals surface area contributed by atoms with Crippen LogP contribution in [0.25, 0.3) is 0 Å². The van der Waals surface area contributed by atoms with E-state index in [0.29, 0.717) is 19.3 Å². The third-order valence-electron chi connectivity index (χ3n) is 2.74. The molecule has 0 aromatic heterocycles. The molecule has 0 aliphatic carbocycles. The third kappa shape index (κ3) is 10.3. The summed E-state index contributed by atoms with van der Waals surface area (Å²) in [6.07, 6.45) is 0.865. The van der Waals surface area contributed by atoms with Gasteiger partial charge >= 0.3 is 0 Å². The maximum absolute atomic E-state index is 9.52. The smallest absolute Gasteiger partial charge is 0.0707 e. The van der Waals surface area contributed by atoms with E-state index < -0.39 is 0 Å². The molecule has 0 saturated heterocycles. The highest BCUT2D eigenvalue weighted by molar-refractivity contribution is 4.86. The van der Waals surface area contributed by atoms with Crippen LogP contribution in [0.3, 0.4) is 0 Å². The van der Waals surface area contributed by atoms with Crippen LogP contribution in [0.4, 0.5) is 0 Å². The van der Waals surface area contributed by atoms with Crippen molar-refractivity contribution in [1.82, 2.24) is 5.32 Å². The molecule has 4 nitrogen and oxygen atoms in total. The van der Waals surface area contributed by atoms with Crippen LogP contribution in [-0.4, -0.2) is 48.2 Å². The van der Waals surface area contributed by atoms with Gasteiger partial charge in [0.2, 0.25) is 0 Å². The zero-order valence-corrected chi connectivity index (χ0v) is 13.7. The molecule has 0 aromatic rings. The van der Waals surface area contributed by atoms with Gasteiger partial charge in [-0.3, -0.25) is 0 Å². The van der Waals surface area contributed by atoms with Gasteiger partial charge in [0, 0.05) is 11.6 Å². The standard InChI is InChI=1S/C15H33NO3/c1-12(2)16-15(7,11-17)10-13(3)18-8-9-19-14(4,5)6/h12-13,16-17H,8-11H2,1-7H3. The van der Waals surface area contributed by atoms with Crippen LogP contribution >= 0.6 is 0 Å². The first kappa shape index (κ1) is 18.8. The molecule has 0 fully saturated rings. The van der Waals surface area contributed by atoms with E-state index in [1.807, 2.05) is 34.6 Å². The van der Waals surface area contributed by atoms with Gasteiger partial charge in [-0.25, -0.2) is 0 Å². The SMILES string of the molecule is CC(C)NC(C)(CO)CC(C)OCCOC(C)(C)C. The first-order chi connectivity index (χ1) is 8.58. The summed E-state index contributed by atoms with van der Waals surface area (Å²) in [7, 11) is 0. The highest BCUT2D eigenvalue weighted by Crippen LogP contribution is 2.15. The molecule has 2 unspecified atom stereocenters. The molecular weight excluding hydrogens is 242 g/mol. The van der Waals surface area contributed by atoms with E-state index in [1.165, 1.54) is 0 Å². The summed E-state index contributed by atoms with van der Waals surface area (Å²) in [4.78, 5) is 0. The molecule has 0 aliphatic rings. The maximum Gasteiger partial charge on any atom is 0.0707 e. The van der Waals surface area contributed by atoms with Crippen molar-refractivity contribution in [3.05, 3.63) is 0 Å². The molecule has 4 heteroatoms. The number of aliphatic hydroxyl groups is 1. The molecule has 0 saturated carbocycles. The molecule has 2 N–H and O–H groups in total. The average Bonchev–Trinajstić information content (AvgIpc) is 2.22. The minimum absolute atomic E-state index is 0.0898. The van der Waals surface area contributed by atoms with Gasteiger partial charge in [0.05, 0.1) is 31.5 Å². The van der Waals surface area contributed by atoms with E-state index in [1.54, 1.807) is 0 Å². The first-order valence-corrected chi connectivity index (χ1v) is 7.22. The van der Waals surface area contributed by atoms with Crippen LogP contribution in [0.5, 0.6) is 0 Å². The Hall–Kier alpha value is -0.160. The van der Waals surface area contributed by atoms with Crippen molar-refractivity contribution in [2.75, 3.05) is 19.8 Å². The van der Waals surface area contributed by atoms with Gasteiger partial charge in [0.15, 0.2) is 0 Å². The van der Waals surface area contributed by atoms with Gasteiger partial charge in [0.1, 0.15) is 0 Å². The lowest BCUT2D eigenvalue weighted by Crippen LogP contribution is -2.51. The molecule has 0 amide bonds. The van der Waals surface area contributed by atoms with Gasteiger partial charge in [-0.1, -0.05) is 13.8 Å². The number of rotatable bonds is 9. The van der Waals surface area contributed by atoms with Crippen molar-refractivity contribution in [2.45, 2.75) is 78.2 Å². The monoisotopic (exact) mass is 275 g/mol. The number of nitrogens with one attached hydrogen (secondary N) is 1. The topological polar surface area (TPSA) is 50.7 Å². The highest BCUT2D eigenvalue weighted by atomic mass is 16.5. The Morgan fingerprint density at radius 1 is 1.05 bits per heavy atom. The maximum atomic E-state index is 9.52. The zero-order valence-electron chi connectivity index (χ0n) is 13.7. The largest absolute Gasteiger partial charge is 0.394 e. The minimum Gasteiger partial charge on any atom is -0.394 e. The Balaban J connectivity index is 3.98. The fraction of sp³-hybridized carbons (Fsp3) is 1.00. The molecule has 19 heavy (non-hydrogen) atoms. The summed E-state index contributed by atoms with van der Waals surface area (Å²) >= 11 is 0. The van der Waals surface area contributed by atoms with Crippen molar-refractivity contribution in [3.63, 3.8) is 0 Å². The second-order valence-corrected chi connectivity index (χ2v) is 6.86. The molecular formula is C15H33NO3. The van der Waals surface area contributed by atoms with Crippen molar-refractivity contribution >= 4 is 0 Å². The van der Waals surface area contributed by atoms with Crippen LogP contribution in [0.2, 0.25) is 0 Å². The van der Waals surface area contributed by atoms with Gasteiger partial charge < -0.3 is 19.9 Å². The average molecular weight is 275 g/mol. The predicted molar refractivity (Wildman–Crippen MR) is 79.5 cm³/mol. The van der Waals surface area contributed by atoms with Crippen LogP contribution in [-0.2, 0) is 9.47 Å². The van der Waals surface area contributed by atoms with Crippen molar-refractivity contribution in [3.8, 4) is 0 Å². The van der Waals surface area contributed by atoms with Crippen molar-refractivity contribution in [1.29, 1.82) is 0 Å². The van der Waals surface area contributed by atoms with E-state index in [0.717, 1.165) is 6.42 Å². The van der Waals surface area contributed by atoms with Gasteiger partial charge in [-0.2, -0.15) is 0 Å². The van der Waals surface area contributed by atoms with Crippen LogP contribution in [0.1, 0.15) is 54.9 Å². The quantitative estimate of drug-likeness (QED) is 0.634. The van der Waals surface area contributed by atoms with E-state index in [4.69, 9.17) is 9.47 Å². The predicted octanol–water partition coefficient (Wildman–Crippen LogP) is 2.35. The van der Waals surface area contributed by atoms with E-state index in [9.17, 15) is 5.11 Å². The van der Waals surface area contributed by atoms with Gasteiger partial charge in [0.25, 0.3) is 0 Å². The zero-order chi connectivity index (χ0) is 15.1. The summed E-state index contributed by atoms with van der Waals surface area (Å²) < 4.78 is 11.4. The third-order valence-corrected chi connectivity index (χ3v) is 2.74.